The van der Waals surface area contributed by atoms with Gasteiger partial charge < -0.3 is 4.74 Å². The number of hydrogen-bond donors (Lipinski definition) is 0. The van der Waals surface area contributed by atoms with E-state index in [4.69, 9.17) is 4.74 Å². The normalized spacial score (nSPS) is 15.2. The van der Waals surface area contributed by atoms with Crippen molar-refractivity contribution < 1.29 is 18.3 Å². The number of hydrogen-bond acceptors (Lipinski definition) is 5. The molecule has 8 heteroatoms. The van der Waals surface area contributed by atoms with Crippen molar-refractivity contribution in [3.05, 3.63) is 83.6 Å². The van der Waals surface area contributed by atoms with Crippen molar-refractivity contribution >= 4 is 17.9 Å². The molecule has 0 aliphatic carbocycles. The van der Waals surface area contributed by atoms with E-state index in [1.165, 1.54) is 18.5 Å². The lowest BCUT2D eigenvalue weighted by molar-refractivity contribution is -0.129. The Balaban J connectivity index is 1.62. The zero-order chi connectivity index (χ0) is 18.1. The van der Waals surface area contributed by atoms with E-state index in [9.17, 15) is 13.6 Å². The van der Waals surface area contributed by atoms with Crippen LogP contribution in [0.2, 0.25) is 0 Å². The van der Waals surface area contributed by atoms with Crippen molar-refractivity contribution in [3.8, 4) is 5.69 Å². The third-order valence-corrected chi connectivity index (χ3v) is 3.66. The fraction of sp³-hybridized carbons (Fsp3) is 0. The van der Waals surface area contributed by atoms with Gasteiger partial charge in [0.1, 0.15) is 24.3 Å². The molecule has 0 bridgehead atoms. The first-order chi connectivity index (χ1) is 12.6. The van der Waals surface area contributed by atoms with Crippen LogP contribution in [0.1, 0.15) is 11.1 Å². The molecule has 1 aliphatic rings. The SMILES string of the molecule is O=C1OC(c2ccc(F)cc2F)=N/C1=C\c1ccc(-n2cncn2)cc1. The summed E-state index contributed by atoms with van der Waals surface area (Å²) in [6, 6.07) is 10.1. The summed E-state index contributed by atoms with van der Waals surface area (Å²) in [5, 5.41) is 4.02. The van der Waals surface area contributed by atoms with E-state index in [1.54, 1.807) is 35.3 Å². The maximum atomic E-state index is 13.8. The highest BCUT2D eigenvalue weighted by atomic mass is 19.1. The maximum Gasteiger partial charge on any atom is 0.363 e. The van der Waals surface area contributed by atoms with E-state index in [0.717, 1.165) is 11.8 Å². The summed E-state index contributed by atoms with van der Waals surface area (Å²) >= 11 is 0. The minimum atomic E-state index is -0.852. The molecule has 128 valence electrons. The lowest BCUT2D eigenvalue weighted by Gasteiger charge is -2.00. The van der Waals surface area contributed by atoms with Gasteiger partial charge in [-0.1, -0.05) is 12.1 Å². The Morgan fingerprint density at radius 3 is 2.58 bits per heavy atom. The smallest absolute Gasteiger partial charge is 0.363 e. The van der Waals surface area contributed by atoms with E-state index < -0.39 is 17.6 Å². The molecule has 0 spiro atoms. The molecule has 1 aromatic heterocycles. The van der Waals surface area contributed by atoms with Crippen molar-refractivity contribution in [1.82, 2.24) is 14.8 Å². The van der Waals surface area contributed by atoms with Gasteiger partial charge in [-0.05, 0) is 35.9 Å². The second kappa shape index (κ2) is 6.32. The zero-order valence-corrected chi connectivity index (χ0v) is 13.1. The van der Waals surface area contributed by atoms with Crippen LogP contribution in [0.3, 0.4) is 0 Å². The van der Waals surface area contributed by atoms with Gasteiger partial charge in [-0.3, -0.25) is 0 Å². The summed E-state index contributed by atoms with van der Waals surface area (Å²) in [5.41, 5.74) is 1.45. The van der Waals surface area contributed by atoms with Gasteiger partial charge in [0.15, 0.2) is 5.70 Å². The maximum absolute atomic E-state index is 13.8. The Bertz CT molecular complexity index is 1040. The van der Waals surface area contributed by atoms with Gasteiger partial charge in [0.2, 0.25) is 5.90 Å². The number of esters is 1. The average molecular weight is 352 g/mol. The summed E-state index contributed by atoms with van der Waals surface area (Å²) in [6.07, 6.45) is 4.51. The number of carbonyl (C=O) groups excluding carboxylic acids is 1. The molecule has 0 fully saturated rings. The van der Waals surface area contributed by atoms with E-state index in [-0.39, 0.29) is 17.2 Å². The van der Waals surface area contributed by atoms with Crippen molar-refractivity contribution in [2.75, 3.05) is 0 Å². The number of carbonyl (C=O) groups is 1. The van der Waals surface area contributed by atoms with Crippen molar-refractivity contribution in [1.29, 1.82) is 0 Å². The summed E-state index contributed by atoms with van der Waals surface area (Å²) in [7, 11) is 0. The lowest BCUT2D eigenvalue weighted by atomic mass is 10.2. The Kier molecular flexibility index (Phi) is 3.85. The highest BCUT2D eigenvalue weighted by Gasteiger charge is 2.26. The zero-order valence-electron chi connectivity index (χ0n) is 13.1. The number of nitrogens with zero attached hydrogens (tertiary/aromatic N) is 4. The molecular weight excluding hydrogens is 342 g/mol. The summed E-state index contributed by atoms with van der Waals surface area (Å²) < 4.78 is 33.4. The molecule has 0 atom stereocenters. The van der Waals surface area contributed by atoms with E-state index in [0.29, 0.717) is 11.6 Å². The molecule has 0 unspecified atom stereocenters. The lowest BCUT2D eigenvalue weighted by Crippen LogP contribution is -2.07. The van der Waals surface area contributed by atoms with Crippen molar-refractivity contribution in [3.63, 3.8) is 0 Å². The van der Waals surface area contributed by atoms with Gasteiger partial charge in [0.05, 0.1) is 11.3 Å². The Labute approximate surface area is 146 Å². The number of rotatable bonds is 3. The van der Waals surface area contributed by atoms with Crippen LogP contribution >= 0.6 is 0 Å². The third-order valence-electron chi connectivity index (χ3n) is 3.66. The van der Waals surface area contributed by atoms with Gasteiger partial charge in [-0.25, -0.2) is 28.2 Å². The van der Waals surface area contributed by atoms with Crippen molar-refractivity contribution in [2.45, 2.75) is 0 Å². The summed E-state index contributed by atoms with van der Waals surface area (Å²) in [6.45, 7) is 0. The number of halogens is 2. The minimum Gasteiger partial charge on any atom is -0.402 e. The Hall–Kier alpha value is -3.68. The largest absolute Gasteiger partial charge is 0.402 e. The molecule has 0 radical (unpaired) electrons. The van der Waals surface area contributed by atoms with Crippen LogP contribution < -0.4 is 0 Å². The van der Waals surface area contributed by atoms with E-state index in [1.807, 2.05) is 0 Å². The first-order valence-electron chi connectivity index (χ1n) is 7.53. The predicted octanol–water partition coefficient (Wildman–Crippen LogP) is 2.89. The highest BCUT2D eigenvalue weighted by molar-refractivity contribution is 6.12. The van der Waals surface area contributed by atoms with Gasteiger partial charge in [-0.2, -0.15) is 5.10 Å². The summed E-state index contributed by atoms with van der Waals surface area (Å²) in [5.74, 6) is -2.48. The molecule has 0 amide bonds. The first-order valence-corrected chi connectivity index (χ1v) is 7.53. The van der Waals surface area contributed by atoms with Crippen LogP contribution in [-0.4, -0.2) is 26.6 Å². The van der Waals surface area contributed by atoms with Gasteiger partial charge in [-0.15, -0.1) is 0 Å². The molecule has 4 rings (SSSR count). The van der Waals surface area contributed by atoms with Gasteiger partial charge in [0.25, 0.3) is 0 Å². The number of ether oxygens (including phenoxy) is 1. The molecule has 1 aliphatic heterocycles. The topological polar surface area (TPSA) is 69.4 Å². The number of benzene rings is 2. The third kappa shape index (κ3) is 3.00. The molecule has 26 heavy (non-hydrogen) atoms. The molecule has 0 N–H and O–H groups in total. The molecule has 3 aromatic rings. The standard InChI is InChI=1S/C18H10F2N4O2/c19-12-3-6-14(15(20)8-12)17-23-16(18(25)26-17)7-11-1-4-13(5-2-11)24-10-21-9-22-24/h1-10H/b16-7-. The van der Waals surface area contributed by atoms with Crippen LogP contribution in [-0.2, 0) is 9.53 Å². The van der Waals surface area contributed by atoms with Gasteiger partial charge >= 0.3 is 5.97 Å². The van der Waals surface area contributed by atoms with Gasteiger partial charge in [0, 0.05) is 6.07 Å². The van der Waals surface area contributed by atoms with E-state index >= 15 is 0 Å². The second-order valence-electron chi connectivity index (χ2n) is 5.39. The first kappa shape index (κ1) is 15.8. The Morgan fingerprint density at radius 2 is 1.88 bits per heavy atom. The molecule has 6 nitrogen and oxygen atoms in total. The summed E-state index contributed by atoms with van der Waals surface area (Å²) in [4.78, 5) is 19.9. The molecule has 0 saturated carbocycles. The molecule has 2 aromatic carbocycles. The van der Waals surface area contributed by atoms with Crippen LogP contribution in [0, 0.1) is 11.6 Å². The fourth-order valence-electron chi connectivity index (χ4n) is 2.41. The number of cyclic esters (lactones) is 1. The monoisotopic (exact) mass is 352 g/mol. The molecule has 2 heterocycles. The number of aliphatic imine (C=N–C) groups is 1. The molecule has 0 saturated heterocycles. The molecular formula is C18H10F2N4O2. The second-order valence-corrected chi connectivity index (χ2v) is 5.39. The quantitative estimate of drug-likeness (QED) is 0.537. The van der Waals surface area contributed by atoms with Crippen LogP contribution in [0.5, 0.6) is 0 Å². The Morgan fingerprint density at radius 1 is 1.08 bits per heavy atom. The van der Waals surface area contributed by atoms with Crippen LogP contribution in [0.15, 0.2) is 65.8 Å². The predicted molar refractivity (Wildman–Crippen MR) is 88.3 cm³/mol. The average Bonchev–Trinajstić information content (AvgIpc) is 3.26. The highest BCUT2D eigenvalue weighted by Crippen LogP contribution is 2.21. The van der Waals surface area contributed by atoms with E-state index in [2.05, 4.69) is 15.1 Å². The fourth-order valence-corrected chi connectivity index (χ4v) is 2.41. The number of aromatic nitrogens is 3. The van der Waals surface area contributed by atoms with Crippen molar-refractivity contribution in [2.24, 2.45) is 4.99 Å². The van der Waals surface area contributed by atoms with Crippen LogP contribution in [0.4, 0.5) is 8.78 Å². The minimum absolute atomic E-state index is 0.0252. The van der Waals surface area contributed by atoms with Crippen LogP contribution in [0.25, 0.3) is 11.8 Å².